The zero-order chi connectivity index (χ0) is 52.5. The second-order valence-corrected chi connectivity index (χ2v) is 10.6. The maximum atomic E-state index is 10.5. The number of thiocarbonyl (C=S) groups is 1. The summed E-state index contributed by atoms with van der Waals surface area (Å²) in [6.07, 6.45) is 0. The number of anilines is 3. The molecule has 5 radical (unpaired) electrons. The van der Waals surface area contributed by atoms with Gasteiger partial charge in [0.2, 0.25) is 11.1 Å². The van der Waals surface area contributed by atoms with E-state index in [1.54, 1.807) is 11.3 Å². The number of fused-ring (bicyclic) bond motifs is 1. The van der Waals surface area contributed by atoms with E-state index in [0.29, 0.717) is 0 Å². The molecule has 4 aromatic carbocycles. The number of para-hydroxylation sites is 4. The number of aliphatic hydroxyl groups excluding tert-OH is 4. The zero-order valence-electron chi connectivity index (χ0n) is 40.6. The smallest absolute Gasteiger partial charge is 0 e. The van der Waals surface area contributed by atoms with Crippen LogP contribution in [0.4, 0.5) is 17.1 Å². The third kappa shape index (κ3) is 141. The number of aryl methyl sites for hydroxylation is 1. The minimum absolute atomic E-state index is 0. The fourth-order valence-electron chi connectivity index (χ4n) is 2.89. The number of hydrogen-bond acceptors (Lipinski definition) is 16. The second-order valence-electron chi connectivity index (χ2n) is 8.18. The van der Waals surface area contributed by atoms with Crippen LogP contribution in [0.1, 0.15) is 62.9 Å². The number of rotatable bonds is 2. The van der Waals surface area contributed by atoms with Gasteiger partial charge >= 0.3 is 80.2 Å². The predicted octanol–water partition coefficient (Wildman–Crippen LogP) is 9.77. The first-order valence-corrected chi connectivity index (χ1v) is 34.2. The van der Waals surface area contributed by atoms with Crippen LogP contribution in [0.25, 0.3) is 10.2 Å². The monoisotopic (exact) mass is 1500 g/mol. The van der Waals surface area contributed by atoms with E-state index in [1.165, 1.54) is 81.7 Å². The first kappa shape index (κ1) is 147. The molecule has 27 heteroatoms. The van der Waals surface area contributed by atoms with Crippen LogP contribution in [0.3, 0.4) is 0 Å². The van der Waals surface area contributed by atoms with Gasteiger partial charge in [0, 0.05) is 242 Å². The zero-order valence-corrected chi connectivity index (χ0v) is 64.9. The number of nitrogens with zero attached hydrogens (tertiary/aromatic N) is 7. The maximum absolute atomic E-state index is 10.5. The molecule has 0 spiro atoms. The van der Waals surface area contributed by atoms with Crippen LogP contribution in [0, 0.1) is 77.9 Å². The number of carbonyl (C=O) groups is 2. The molecule has 1 heterocycles. The average Bonchev–Trinajstić information content (AvgIpc) is 3.75. The SMILES string of the molecule is C.C.C.C.C.CC(=O)Cl.CC(=O)Nc1ccccc1.CC(=S)Nc1ccccc1.CO.CO.CO.CO.Cc1nc2ccccc2s1.Nc1ccccc1.[C-]#N.[C-]#N.[C-]#N.[C-]#N.[C-]#N.[C-]#N.[Fe+6].[K].[K][K].[Y].[Y].[Y].[Y]. The van der Waals surface area contributed by atoms with Crippen LogP contribution in [-0.2, 0) is 157 Å². The topological polar surface area (TPSA) is 321 Å². The van der Waals surface area contributed by atoms with Crippen LogP contribution in [0.5, 0.6) is 0 Å². The molecule has 0 saturated heterocycles. The molecule has 387 valence electrons. The molecule has 0 fully saturated rings. The molecular formula is C47H71ClFeK3N10O6S2Y4. The van der Waals surface area contributed by atoms with Gasteiger partial charge in [0.1, 0.15) is 0 Å². The van der Waals surface area contributed by atoms with Gasteiger partial charge in [-0.2, -0.15) is 0 Å². The number of halogens is 1. The Kier molecular flexibility index (Phi) is 302. The summed E-state index contributed by atoms with van der Waals surface area (Å²) in [5.74, 6) is -0.0359. The van der Waals surface area contributed by atoms with Crippen molar-refractivity contribution in [3.63, 3.8) is 0 Å². The Morgan fingerprint density at radius 2 is 0.784 bits per heavy atom. The van der Waals surface area contributed by atoms with Crippen LogP contribution < -0.4 is 16.4 Å². The summed E-state index contributed by atoms with van der Waals surface area (Å²) in [6, 6.07) is 36.9. The predicted molar refractivity (Wildman–Crippen MR) is 294 cm³/mol. The number of carbonyl (C=O) groups excluding carboxylic acids is 2. The van der Waals surface area contributed by atoms with Crippen LogP contribution in [0.2, 0.25) is 0 Å². The van der Waals surface area contributed by atoms with E-state index in [-0.39, 0.29) is 248 Å². The number of aromatic nitrogens is 1. The number of nitrogens with two attached hydrogens (primary N) is 1. The quantitative estimate of drug-likeness (QED) is 0.0284. The van der Waals surface area contributed by atoms with Gasteiger partial charge in [-0.25, -0.2) is 4.98 Å². The Hall–Kier alpha value is 2.51. The van der Waals surface area contributed by atoms with Crippen molar-refractivity contribution in [2.75, 3.05) is 44.8 Å². The number of thiazole rings is 1. The van der Waals surface area contributed by atoms with Crippen molar-refractivity contribution in [1.82, 2.24) is 4.98 Å². The van der Waals surface area contributed by atoms with E-state index in [4.69, 9.17) is 109 Å². The Balaban J connectivity index is -0.0000000204. The van der Waals surface area contributed by atoms with E-state index >= 15 is 0 Å². The van der Waals surface area contributed by atoms with Crippen LogP contribution in [-0.4, -0.2) is 185 Å². The first-order chi connectivity index (χ1) is 30.6. The molecule has 74 heavy (non-hydrogen) atoms. The van der Waals surface area contributed by atoms with Crippen LogP contribution in [0.15, 0.2) is 115 Å². The molecule has 0 unspecified atom stereocenters. The number of aliphatic hydroxyl groups is 4. The number of hydrogen-bond donors (Lipinski definition) is 7. The molecule has 8 N–H and O–H groups in total. The van der Waals surface area contributed by atoms with Gasteiger partial charge in [-0.15, -0.1) is 11.3 Å². The molecule has 1 amide bonds. The summed E-state index contributed by atoms with van der Waals surface area (Å²) in [7, 11) is 4.00. The van der Waals surface area contributed by atoms with E-state index in [1.807, 2.05) is 123 Å². The summed E-state index contributed by atoms with van der Waals surface area (Å²) in [5, 5.41) is 72.0. The van der Waals surface area contributed by atoms with Crippen LogP contribution >= 0.6 is 35.2 Å². The normalized spacial score (nSPS) is 5.58. The minimum atomic E-state index is -0.361. The third-order valence-electron chi connectivity index (χ3n) is 4.39. The fraction of sp³-hybridized carbons (Fsp3) is 0.277. The molecule has 0 aliphatic rings. The van der Waals surface area contributed by atoms with Crippen molar-refractivity contribution in [2.24, 2.45) is 0 Å². The van der Waals surface area contributed by atoms with E-state index in [2.05, 4.69) is 33.3 Å². The molecule has 0 bridgehead atoms. The van der Waals surface area contributed by atoms with Crippen molar-refractivity contribution >= 4 is 193 Å². The Bertz CT molecular complexity index is 1670. The minimum Gasteiger partial charge on any atom is 0 e. The maximum Gasteiger partial charge on any atom is 0 e. The van der Waals surface area contributed by atoms with Crippen molar-refractivity contribution in [1.29, 1.82) is 31.6 Å². The van der Waals surface area contributed by atoms with Gasteiger partial charge in [-0.3, -0.25) is 9.59 Å². The largest absolute Gasteiger partial charge is 0 e. The fourth-order valence-corrected chi connectivity index (χ4v) is 3.83. The molecule has 5 aromatic rings. The average molecular weight is 1500 g/mol. The summed E-state index contributed by atoms with van der Waals surface area (Å²) >= 11 is 13.7. The van der Waals surface area contributed by atoms with Gasteiger partial charge in [0.15, 0.2) is 0 Å². The molecule has 0 aliphatic carbocycles. The summed E-state index contributed by atoms with van der Waals surface area (Å²) in [5.41, 5.74) is 9.19. The van der Waals surface area contributed by atoms with Crippen molar-refractivity contribution in [2.45, 2.75) is 64.8 Å². The van der Waals surface area contributed by atoms with Crippen molar-refractivity contribution < 1.29 is 178 Å². The first-order valence-electron chi connectivity index (χ1n) is 16.6. The van der Waals surface area contributed by atoms with Gasteiger partial charge in [-0.05, 0) is 74.0 Å². The van der Waals surface area contributed by atoms with Gasteiger partial charge in [-0.1, -0.05) is 116 Å². The van der Waals surface area contributed by atoms with E-state index in [9.17, 15) is 9.59 Å². The van der Waals surface area contributed by atoms with Gasteiger partial charge < -0.3 is 108 Å². The summed E-state index contributed by atoms with van der Waals surface area (Å²) < 4.78 is 1.28. The third-order valence-corrected chi connectivity index (χ3v) is 5.44. The summed E-state index contributed by atoms with van der Waals surface area (Å²) in [4.78, 5) is 24.8. The molecule has 0 atom stereocenters. The summed E-state index contributed by atoms with van der Waals surface area (Å²) in [6.45, 7) is 35.2. The van der Waals surface area contributed by atoms with Gasteiger partial charge in [0.05, 0.1) is 20.2 Å². The number of nitrogens with one attached hydrogen (secondary N) is 2. The van der Waals surface area contributed by atoms with E-state index < -0.39 is 0 Å². The molecule has 5 rings (SSSR count). The van der Waals surface area contributed by atoms with E-state index in [0.717, 1.165) is 61.0 Å². The van der Waals surface area contributed by atoms with Crippen molar-refractivity contribution in [3.8, 4) is 0 Å². The number of nitrogen functional groups attached to an aromatic ring is 1. The molecule has 0 aliphatic heterocycles. The standard InChI is InChI=1S/C8H9NO.C8H7NS.C8H9NS.C6H7N.C2H3ClO.6CN.4CH4O.5CH4.Fe.3K.4Y/c1-7(10)9-8-5-3-2-4-6-8;1-6-9-7-4-2-3-5-8(7)10-6;1-7(10)9-8-5-3-2-4-6-8;7-6-4-2-1-3-5-6;1-2(3)4;10*1-2;;;;;;;;;;;;;/h2-6H,1H3,(H,9,10);2-5H,1H3;2-6H,1H3,(H,9,10);1-5H,7H2;1H3;;;;;;;4*2H,1H3;5*1H4;;;;;;;;/q;;;;;6*-1;;;;;;;;;;+6;;;;;;;. The van der Waals surface area contributed by atoms with Gasteiger partial charge in [0.25, 0.3) is 0 Å². The number of amides is 1. The Morgan fingerprint density at radius 3 is 1.00 bits per heavy atom. The second kappa shape index (κ2) is 152. The van der Waals surface area contributed by atoms with Crippen molar-refractivity contribution in [3.05, 3.63) is 160 Å². The molecule has 16 nitrogen and oxygen atoms in total. The number of benzene rings is 4. The molecule has 0 saturated carbocycles. The Morgan fingerprint density at radius 1 is 0.554 bits per heavy atom. The molecule has 1 aromatic heterocycles. The molecular weight excluding hydrogens is 1430 g/mol. The Labute approximate surface area is 662 Å².